The minimum Gasteiger partial charge on any atom is -0.547 e. The van der Waals surface area contributed by atoms with Crippen molar-refractivity contribution in [1.29, 1.82) is 0 Å². The number of dihydropyridines is 1. The van der Waals surface area contributed by atoms with E-state index in [2.05, 4.69) is 5.32 Å². The van der Waals surface area contributed by atoms with E-state index >= 15 is 0 Å². The maximum Gasteiger partial charge on any atom is 0.136 e. The number of carboxylic acid groups (broad SMARTS) is 2. The molecule has 0 atom stereocenters. The SMILES string of the molecule is O=C([O-])C1(C(=O)[O-])C=CC=CN1. The van der Waals surface area contributed by atoms with E-state index in [1.807, 2.05) is 0 Å². The third-order valence-electron chi connectivity index (χ3n) is 1.51. The van der Waals surface area contributed by atoms with Gasteiger partial charge in [0.2, 0.25) is 0 Å². The Labute approximate surface area is 68.0 Å². The fourth-order valence-electron chi connectivity index (χ4n) is 0.820. The molecule has 0 saturated carbocycles. The summed E-state index contributed by atoms with van der Waals surface area (Å²) in [5.74, 6) is -3.49. The number of carbonyl (C=O) groups excluding carboxylic acids is 2. The van der Waals surface area contributed by atoms with Gasteiger partial charge in [-0.25, -0.2) is 0 Å². The number of nitrogens with one attached hydrogen (secondary N) is 1. The van der Waals surface area contributed by atoms with Crippen molar-refractivity contribution in [1.82, 2.24) is 5.32 Å². The Kier molecular flexibility index (Phi) is 1.86. The van der Waals surface area contributed by atoms with Crippen LogP contribution in [0, 0.1) is 0 Å². The number of carbonyl (C=O) groups is 2. The normalized spacial score (nSPS) is 18.3. The molecule has 0 unspecified atom stereocenters. The minimum atomic E-state index is -2.23. The minimum absolute atomic E-state index is 0.956. The van der Waals surface area contributed by atoms with Crippen molar-refractivity contribution in [3.8, 4) is 0 Å². The van der Waals surface area contributed by atoms with Gasteiger partial charge in [-0.1, -0.05) is 6.08 Å². The van der Waals surface area contributed by atoms with Crippen LogP contribution in [0.3, 0.4) is 0 Å². The van der Waals surface area contributed by atoms with Gasteiger partial charge >= 0.3 is 0 Å². The second-order valence-electron chi connectivity index (χ2n) is 2.25. The van der Waals surface area contributed by atoms with Gasteiger partial charge in [0.25, 0.3) is 0 Å². The summed E-state index contributed by atoms with van der Waals surface area (Å²) in [7, 11) is 0. The van der Waals surface area contributed by atoms with E-state index < -0.39 is 17.5 Å². The maximum absolute atomic E-state index is 10.4. The number of allylic oxidation sites excluding steroid dienone is 2. The lowest BCUT2D eigenvalue weighted by molar-refractivity contribution is -0.332. The second-order valence-corrected chi connectivity index (χ2v) is 2.25. The molecule has 5 nitrogen and oxygen atoms in total. The average Bonchev–Trinajstić information content (AvgIpc) is 2.05. The lowest BCUT2D eigenvalue weighted by atomic mass is 9.98. The van der Waals surface area contributed by atoms with Crippen LogP contribution in [0.4, 0.5) is 0 Å². The quantitative estimate of drug-likeness (QED) is 0.440. The smallest absolute Gasteiger partial charge is 0.136 e. The molecule has 0 aromatic heterocycles. The summed E-state index contributed by atoms with van der Waals surface area (Å²) < 4.78 is 0. The number of carboxylic acids is 2. The largest absolute Gasteiger partial charge is 0.547 e. The predicted molar refractivity (Wildman–Crippen MR) is 34.2 cm³/mol. The number of hydrogen-bond acceptors (Lipinski definition) is 5. The zero-order valence-corrected chi connectivity index (χ0v) is 5.94. The topological polar surface area (TPSA) is 92.3 Å². The molecule has 0 spiro atoms. The van der Waals surface area contributed by atoms with Crippen LogP contribution in [0.5, 0.6) is 0 Å². The molecule has 1 aliphatic heterocycles. The summed E-state index contributed by atoms with van der Waals surface area (Å²) in [6.45, 7) is 0. The van der Waals surface area contributed by atoms with Gasteiger partial charge in [-0.05, 0) is 18.4 Å². The molecule has 0 aromatic carbocycles. The predicted octanol–water partition coefficient (Wildman–Crippen LogP) is -3.10. The van der Waals surface area contributed by atoms with Crippen LogP contribution in [-0.4, -0.2) is 17.5 Å². The van der Waals surface area contributed by atoms with E-state index in [-0.39, 0.29) is 0 Å². The van der Waals surface area contributed by atoms with Crippen LogP contribution in [-0.2, 0) is 9.59 Å². The molecule has 1 heterocycles. The molecule has 0 aliphatic carbocycles. The number of rotatable bonds is 2. The summed E-state index contributed by atoms with van der Waals surface area (Å²) in [5, 5.41) is 23.0. The van der Waals surface area contributed by atoms with Crippen molar-refractivity contribution in [2.24, 2.45) is 0 Å². The highest BCUT2D eigenvalue weighted by molar-refractivity contribution is 6.04. The Morgan fingerprint density at radius 2 is 1.75 bits per heavy atom. The van der Waals surface area contributed by atoms with Gasteiger partial charge < -0.3 is 25.1 Å². The van der Waals surface area contributed by atoms with E-state index in [4.69, 9.17) is 0 Å². The monoisotopic (exact) mass is 167 g/mol. The Morgan fingerprint density at radius 3 is 2.00 bits per heavy atom. The van der Waals surface area contributed by atoms with Crippen molar-refractivity contribution in [3.05, 3.63) is 24.4 Å². The van der Waals surface area contributed by atoms with Gasteiger partial charge in [-0.3, -0.25) is 0 Å². The van der Waals surface area contributed by atoms with Crippen molar-refractivity contribution in [2.75, 3.05) is 0 Å². The molecule has 12 heavy (non-hydrogen) atoms. The van der Waals surface area contributed by atoms with E-state index in [1.54, 1.807) is 0 Å². The molecular weight excluding hydrogens is 162 g/mol. The molecule has 1 rings (SSSR count). The Morgan fingerprint density at radius 1 is 1.17 bits per heavy atom. The zero-order chi connectivity index (χ0) is 9.19. The molecule has 0 fully saturated rings. The average molecular weight is 167 g/mol. The Bertz CT molecular complexity index is 265. The van der Waals surface area contributed by atoms with Gasteiger partial charge in [0.1, 0.15) is 5.54 Å². The molecule has 5 heteroatoms. The zero-order valence-electron chi connectivity index (χ0n) is 5.94. The second kappa shape index (κ2) is 2.69. The van der Waals surface area contributed by atoms with Crippen LogP contribution < -0.4 is 15.5 Å². The third-order valence-corrected chi connectivity index (χ3v) is 1.51. The molecule has 0 saturated heterocycles. The van der Waals surface area contributed by atoms with Gasteiger partial charge in [-0.15, -0.1) is 0 Å². The summed E-state index contributed by atoms with van der Waals surface area (Å²) >= 11 is 0. The molecule has 0 radical (unpaired) electrons. The maximum atomic E-state index is 10.4. The first-order chi connectivity index (χ1) is 5.59. The van der Waals surface area contributed by atoms with Gasteiger partial charge in [-0.2, -0.15) is 0 Å². The van der Waals surface area contributed by atoms with Crippen LogP contribution in [0.2, 0.25) is 0 Å². The molecule has 1 N–H and O–H groups in total. The van der Waals surface area contributed by atoms with Crippen LogP contribution in [0.1, 0.15) is 0 Å². The first kappa shape index (κ1) is 8.32. The number of aliphatic carboxylic acids is 2. The highest BCUT2D eigenvalue weighted by Crippen LogP contribution is 2.08. The molecule has 64 valence electrons. The Hall–Kier alpha value is -1.78. The van der Waals surface area contributed by atoms with Gasteiger partial charge in [0.05, 0.1) is 11.9 Å². The van der Waals surface area contributed by atoms with E-state index in [0.717, 1.165) is 6.08 Å². The highest BCUT2D eigenvalue weighted by Gasteiger charge is 2.30. The van der Waals surface area contributed by atoms with Crippen LogP contribution >= 0.6 is 0 Å². The van der Waals surface area contributed by atoms with Crippen molar-refractivity contribution in [2.45, 2.75) is 5.54 Å². The van der Waals surface area contributed by atoms with Crippen molar-refractivity contribution < 1.29 is 19.8 Å². The van der Waals surface area contributed by atoms with E-state index in [9.17, 15) is 19.8 Å². The fraction of sp³-hybridized carbons (Fsp3) is 0.143. The fourth-order valence-corrected chi connectivity index (χ4v) is 0.820. The third kappa shape index (κ3) is 1.05. The van der Waals surface area contributed by atoms with Crippen molar-refractivity contribution in [3.63, 3.8) is 0 Å². The molecular formula is C7H5NO4-2. The van der Waals surface area contributed by atoms with Gasteiger partial charge in [0, 0.05) is 0 Å². The standard InChI is InChI=1S/C7H7NO4/c9-5(10)7(6(11)12)3-1-2-4-8-7/h1-4,8H,(H,9,10)(H,11,12)/p-2. The number of hydrogen-bond donors (Lipinski definition) is 1. The molecule has 0 amide bonds. The summed E-state index contributed by atoms with van der Waals surface area (Å²) in [5.41, 5.74) is -2.23. The van der Waals surface area contributed by atoms with E-state index in [1.165, 1.54) is 18.4 Å². The lowest BCUT2D eigenvalue weighted by Gasteiger charge is -2.34. The lowest BCUT2D eigenvalue weighted by Crippen LogP contribution is -2.65. The molecule has 0 bridgehead atoms. The van der Waals surface area contributed by atoms with E-state index in [0.29, 0.717) is 0 Å². The molecule has 0 aromatic rings. The van der Waals surface area contributed by atoms with Crippen LogP contribution in [0.15, 0.2) is 24.4 Å². The first-order valence-corrected chi connectivity index (χ1v) is 3.14. The van der Waals surface area contributed by atoms with Gasteiger partial charge in [0.15, 0.2) is 0 Å². The highest BCUT2D eigenvalue weighted by atomic mass is 16.4. The summed E-state index contributed by atoms with van der Waals surface area (Å²) in [4.78, 5) is 20.9. The van der Waals surface area contributed by atoms with Crippen molar-refractivity contribution >= 4 is 11.9 Å². The first-order valence-electron chi connectivity index (χ1n) is 3.14. The summed E-state index contributed by atoms with van der Waals surface area (Å²) in [6, 6.07) is 0. The molecule has 1 aliphatic rings. The Balaban J connectivity index is 3.04. The summed E-state index contributed by atoms with van der Waals surface area (Å²) in [6.07, 6.45) is 4.91. The van der Waals surface area contributed by atoms with Crippen LogP contribution in [0.25, 0.3) is 0 Å².